The number of hydrogen-bond acceptors (Lipinski definition) is 4. The first-order chi connectivity index (χ1) is 15.0. The molecule has 8 heteroatoms. The Hall–Kier alpha value is -3.81. The average Bonchev–Trinajstić information content (AvgIpc) is 3.27. The lowest BCUT2D eigenvalue weighted by Gasteiger charge is -2.13. The minimum absolute atomic E-state index is 0.0791. The molecule has 0 unspecified atom stereocenters. The highest BCUT2D eigenvalue weighted by molar-refractivity contribution is 5.80. The number of hydrogen-bond donors (Lipinski definition) is 1. The van der Waals surface area contributed by atoms with Gasteiger partial charge in [-0.15, -0.1) is 0 Å². The molecule has 0 aliphatic carbocycles. The predicted octanol–water partition coefficient (Wildman–Crippen LogP) is 3.12. The van der Waals surface area contributed by atoms with Crippen LogP contribution >= 0.6 is 0 Å². The topological polar surface area (TPSA) is 74.0 Å². The molecule has 1 N–H and O–H groups in total. The van der Waals surface area contributed by atoms with Gasteiger partial charge in [-0.3, -0.25) is 9.59 Å². The van der Waals surface area contributed by atoms with E-state index in [1.54, 1.807) is 55.1 Å². The van der Waals surface area contributed by atoms with Gasteiger partial charge < -0.3 is 23.8 Å². The van der Waals surface area contributed by atoms with Gasteiger partial charge in [-0.2, -0.15) is 0 Å². The van der Waals surface area contributed by atoms with Crippen LogP contribution in [0, 0.1) is 5.82 Å². The van der Waals surface area contributed by atoms with Gasteiger partial charge >= 0.3 is 0 Å². The molecule has 0 saturated carbocycles. The molecule has 160 valence electrons. The second kappa shape index (κ2) is 8.51. The summed E-state index contributed by atoms with van der Waals surface area (Å²) >= 11 is 0. The fourth-order valence-corrected chi connectivity index (χ4v) is 3.64. The molecule has 0 radical (unpaired) electrons. The zero-order valence-electron chi connectivity index (χ0n) is 17.2. The first-order valence-electron chi connectivity index (χ1n) is 9.78. The zero-order valence-corrected chi connectivity index (χ0v) is 17.2. The number of amides is 1. The van der Waals surface area contributed by atoms with E-state index >= 15 is 0 Å². The minimum atomic E-state index is -0.440. The molecule has 31 heavy (non-hydrogen) atoms. The van der Waals surface area contributed by atoms with Gasteiger partial charge in [0.2, 0.25) is 5.91 Å². The summed E-state index contributed by atoms with van der Waals surface area (Å²) in [5.74, 6) is 0.526. The van der Waals surface area contributed by atoms with Gasteiger partial charge in [0.1, 0.15) is 11.3 Å². The molecule has 0 fully saturated rings. The van der Waals surface area contributed by atoms with E-state index in [4.69, 9.17) is 9.47 Å². The molecular weight excluding hydrogens is 401 g/mol. The second-order valence-corrected chi connectivity index (χ2v) is 7.07. The summed E-state index contributed by atoms with van der Waals surface area (Å²) in [6, 6.07) is 13.2. The van der Waals surface area contributed by atoms with Gasteiger partial charge in [0.05, 0.1) is 25.3 Å². The van der Waals surface area contributed by atoms with Crippen LogP contribution in [-0.2, 0) is 17.9 Å². The van der Waals surface area contributed by atoms with Crippen LogP contribution < -0.4 is 20.3 Å². The van der Waals surface area contributed by atoms with E-state index in [0.717, 1.165) is 5.56 Å². The van der Waals surface area contributed by atoms with Crippen molar-refractivity contribution >= 4 is 22.5 Å². The molecule has 0 atom stereocenters. The Bertz CT molecular complexity index is 1330. The lowest BCUT2D eigenvalue weighted by atomic mass is 10.2. The monoisotopic (exact) mass is 423 g/mol. The maximum Gasteiger partial charge on any atom is 0.275 e. The standard InChI is InChI=1S/C23H22FN3O4/c1-30-20-8-5-15(12-21(20)31-2)14-25-22(28)9-11-27-19-13-16(24)6-7-17(19)26-10-3-4-18(26)23(27)29/h3-8,10,12-13H,9,11,14H2,1-2H3,(H,25,28). The van der Waals surface area contributed by atoms with Gasteiger partial charge in [0.15, 0.2) is 11.5 Å². The summed E-state index contributed by atoms with van der Waals surface area (Å²) in [6.07, 6.45) is 1.84. The molecule has 4 aromatic rings. The molecule has 0 aliphatic heterocycles. The molecule has 0 aliphatic rings. The molecule has 0 spiro atoms. The highest BCUT2D eigenvalue weighted by Crippen LogP contribution is 2.27. The van der Waals surface area contributed by atoms with Crippen molar-refractivity contribution in [3.8, 4) is 11.5 Å². The number of halogens is 1. The average molecular weight is 423 g/mol. The Morgan fingerprint density at radius 2 is 1.81 bits per heavy atom. The van der Waals surface area contributed by atoms with Crippen LogP contribution in [0.5, 0.6) is 11.5 Å². The van der Waals surface area contributed by atoms with Crippen molar-refractivity contribution in [2.24, 2.45) is 0 Å². The molecule has 1 amide bonds. The summed E-state index contributed by atoms with van der Waals surface area (Å²) in [7, 11) is 3.11. The smallest absolute Gasteiger partial charge is 0.275 e. The Kier molecular flexibility index (Phi) is 5.62. The number of carbonyl (C=O) groups excluding carboxylic acids is 1. The minimum Gasteiger partial charge on any atom is -0.493 e. The quantitative estimate of drug-likeness (QED) is 0.496. The first-order valence-corrected chi connectivity index (χ1v) is 9.78. The third-order valence-electron chi connectivity index (χ3n) is 5.20. The van der Waals surface area contributed by atoms with E-state index in [9.17, 15) is 14.0 Å². The number of aryl methyl sites for hydroxylation is 1. The summed E-state index contributed by atoms with van der Waals surface area (Å²) in [4.78, 5) is 25.3. The lowest BCUT2D eigenvalue weighted by molar-refractivity contribution is -0.121. The van der Waals surface area contributed by atoms with Crippen molar-refractivity contribution in [2.75, 3.05) is 14.2 Å². The second-order valence-electron chi connectivity index (χ2n) is 7.07. The number of aromatic nitrogens is 2. The summed E-state index contributed by atoms with van der Waals surface area (Å²) < 4.78 is 27.5. The first kappa shape index (κ1) is 20.5. The molecule has 2 aromatic carbocycles. The van der Waals surface area contributed by atoms with Gasteiger partial charge in [0.25, 0.3) is 5.56 Å². The van der Waals surface area contributed by atoms with Gasteiger partial charge in [0, 0.05) is 25.7 Å². The van der Waals surface area contributed by atoms with Crippen molar-refractivity contribution in [3.05, 3.63) is 76.5 Å². The highest BCUT2D eigenvalue weighted by Gasteiger charge is 2.13. The SMILES string of the molecule is COc1ccc(CNC(=O)CCn2c(=O)c3cccn3c3ccc(F)cc32)cc1OC. The molecule has 7 nitrogen and oxygen atoms in total. The molecule has 4 rings (SSSR count). The highest BCUT2D eigenvalue weighted by atomic mass is 19.1. The van der Waals surface area contributed by atoms with Crippen LogP contribution in [0.1, 0.15) is 12.0 Å². The van der Waals surface area contributed by atoms with E-state index in [2.05, 4.69) is 5.32 Å². The van der Waals surface area contributed by atoms with Crippen LogP contribution in [0.25, 0.3) is 16.6 Å². The number of benzene rings is 2. The number of nitrogens with zero attached hydrogens (tertiary/aromatic N) is 2. The van der Waals surface area contributed by atoms with Crippen LogP contribution in [-0.4, -0.2) is 29.1 Å². The summed E-state index contributed by atoms with van der Waals surface area (Å²) in [5, 5.41) is 2.84. The lowest BCUT2D eigenvalue weighted by Crippen LogP contribution is -2.28. The van der Waals surface area contributed by atoms with Gasteiger partial charge in [-0.25, -0.2) is 4.39 Å². The Labute approximate surface area is 177 Å². The largest absolute Gasteiger partial charge is 0.493 e. The third kappa shape index (κ3) is 3.96. The Balaban J connectivity index is 1.51. The number of nitrogens with one attached hydrogen (secondary N) is 1. The zero-order chi connectivity index (χ0) is 22.0. The van der Waals surface area contributed by atoms with E-state index in [1.165, 1.54) is 16.7 Å². The van der Waals surface area contributed by atoms with Gasteiger partial charge in [-0.05, 0) is 48.0 Å². The molecule has 0 bridgehead atoms. The number of rotatable bonds is 7. The van der Waals surface area contributed by atoms with Crippen molar-refractivity contribution in [1.29, 1.82) is 0 Å². The van der Waals surface area contributed by atoms with E-state index in [0.29, 0.717) is 34.6 Å². The normalized spacial score (nSPS) is 11.1. The number of methoxy groups -OCH3 is 2. The van der Waals surface area contributed by atoms with Crippen molar-refractivity contribution in [2.45, 2.75) is 19.5 Å². The molecular formula is C23H22FN3O4. The molecule has 2 heterocycles. The van der Waals surface area contributed by atoms with Crippen molar-refractivity contribution < 1.29 is 18.7 Å². The van der Waals surface area contributed by atoms with Crippen molar-refractivity contribution in [1.82, 2.24) is 14.3 Å². The van der Waals surface area contributed by atoms with Crippen LogP contribution in [0.3, 0.4) is 0 Å². The van der Waals surface area contributed by atoms with E-state index in [-0.39, 0.29) is 24.4 Å². The van der Waals surface area contributed by atoms with Crippen LogP contribution in [0.2, 0.25) is 0 Å². The third-order valence-corrected chi connectivity index (χ3v) is 5.20. The van der Waals surface area contributed by atoms with E-state index < -0.39 is 5.82 Å². The number of fused-ring (bicyclic) bond motifs is 3. The van der Waals surface area contributed by atoms with Crippen LogP contribution in [0.15, 0.2) is 59.5 Å². The fraction of sp³-hybridized carbons (Fsp3) is 0.217. The maximum atomic E-state index is 13.9. The number of ether oxygens (including phenoxy) is 2. The molecule has 0 saturated heterocycles. The number of carbonyl (C=O) groups is 1. The Morgan fingerprint density at radius 1 is 1.00 bits per heavy atom. The summed E-state index contributed by atoms with van der Waals surface area (Å²) in [5.41, 5.74) is 2.21. The maximum absolute atomic E-state index is 13.9. The summed E-state index contributed by atoms with van der Waals surface area (Å²) in [6.45, 7) is 0.444. The fourth-order valence-electron chi connectivity index (χ4n) is 3.64. The molecule has 2 aromatic heterocycles. The van der Waals surface area contributed by atoms with Crippen LogP contribution in [0.4, 0.5) is 4.39 Å². The predicted molar refractivity (Wildman–Crippen MR) is 115 cm³/mol. The van der Waals surface area contributed by atoms with Crippen molar-refractivity contribution in [3.63, 3.8) is 0 Å². The van der Waals surface area contributed by atoms with E-state index in [1.807, 2.05) is 6.07 Å². The Morgan fingerprint density at radius 3 is 2.58 bits per heavy atom. The van der Waals surface area contributed by atoms with Gasteiger partial charge in [-0.1, -0.05) is 6.07 Å².